The second-order valence-electron chi connectivity index (χ2n) is 5.99. The summed E-state index contributed by atoms with van der Waals surface area (Å²) >= 11 is 7.24. The summed E-state index contributed by atoms with van der Waals surface area (Å²) in [6.07, 6.45) is 0. The zero-order valence-corrected chi connectivity index (χ0v) is 15.7. The van der Waals surface area contributed by atoms with Gasteiger partial charge in [-0.3, -0.25) is 10.1 Å². The number of aromatic nitrogens is 1. The Labute approximate surface area is 163 Å². The maximum absolute atomic E-state index is 12.3. The Morgan fingerprint density at radius 3 is 2.70 bits per heavy atom. The van der Waals surface area contributed by atoms with Crippen molar-refractivity contribution >= 4 is 44.9 Å². The van der Waals surface area contributed by atoms with Crippen molar-refractivity contribution in [1.29, 1.82) is 0 Å². The maximum Gasteiger partial charge on any atom is 0.345 e. The molecule has 0 bridgehead atoms. The molecule has 4 aromatic rings. The SMILES string of the molecule is Cc1ccc(C(=O)Nc2nc(-c3cc4cc(Cl)ccc4oc3=O)cs2)cc1. The summed E-state index contributed by atoms with van der Waals surface area (Å²) in [7, 11) is 0. The maximum atomic E-state index is 12.3. The lowest BCUT2D eigenvalue weighted by Gasteiger charge is -2.02. The third-order valence-corrected chi connectivity index (χ3v) is 5.00. The molecule has 0 aliphatic heterocycles. The van der Waals surface area contributed by atoms with Gasteiger partial charge in [0.25, 0.3) is 5.91 Å². The van der Waals surface area contributed by atoms with Gasteiger partial charge >= 0.3 is 5.63 Å². The molecule has 0 saturated heterocycles. The van der Waals surface area contributed by atoms with Gasteiger partial charge in [0.05, 0.1) is 11.3 Å². The van der Waals surface area contributed by atoms with Crippen LogP contribution in [0.4, 0.5) is 5.13 Å². The van der Waals surface area contributed by atoms with Crippen molar-refractivity contribution in [3.05, 3.63) is 80.5 Å². The van der Waals surface area contributed by atoms with E-state index >= 15 is 0 Å². The smallest absolute Gasteiger partial charge is 0.345 e. The number of nitrogens with one attached hydrogen (secondary N) is 1. The van der Waals surface area contributed by atoms with Crippen molar-refractivity contribution in [1.82, 2.24) is 4.98 Å². The first-order valence-corrected chi connectivity index (χ1v) is 9.33. The number of halogens is 1. The van der Waals surface area contributed by atoms with Gasteiger partial charge < -0.3 is 4.42 Å². The second kappa shape index (κ2) is 6.98. The van der Waals surface area contributed by atoms with Crippen LogP contribution in [0.1, 0.15) is 15.9 Å². The van der Waals surface area contributed by atoms with Gasteiger partial charge in [0, 0.05) is 21.4 Å². The topological polar surface area (TPSA) is 72.2 Å². The molecular formula is C20H13ClN2O3S. The van der Waals surface area contributed by atoms with Gasteiger partial charge in [-0.2, -0.15) is 0 Å². The first kappa shape index (κ1) is 17.5. The highest BCUT2D eigenvalue weighted by Gasteiger charge is 2.14. The lowest BCUT2D eigenvalue weighted by molar-refractivity contribution is 0.102. The van der Waals surface area contributed by atoms with Crippen molar-refractivity contribution in [2.75, 3.05) is 5.32 Å². The number of hydrogen-bond donors (Lipinski definition) is 1. The summed E-state index contributed by atoms with van der Waals surface area (Å²) in [5.74, 6) is -0.256. The Hall–Kier alpha value is -2.96. The molecule has 27 heavy (non-hydrogen) atoms. The van der Waals surface area contributed by atoms with E-state index < -0.39 is 5.63 Å². The highest BCUT2D eigenvalue weighted by molar-refractivity contribution is 7.14. The molecule has 0 fully saturated rings. The number of carbonyl (C=O) groups is 1. The molecule has 1 amide bonds. The van der Waals surface area contributed by atoms with Gasteiger partial charge in [-0.25, -0.2) is 9.78 Å². The molecule has 2 heterocycles. The Morgan fingerprint density at radius 2 is 1.93 bits per heavy atom. The van der Waals surface area contributed by atoms with Crippen LogP contribution in [0.3, 0.4) is 0 Å². The van der Waals surface area contributed by atoms with Gasteiger partial charge in [-0.1, -0.05) is 29.3 Å². The molecule has 5 nitrogen and oxygen atoms in total. The van der Waals surface area contributed by atoms with Crippen LogP contribution >= 0.6 is 22.9 Å². The summed E-state index contributed by atoms with van der Waals surface area (Å²) in [4.78, 5) is 28.9. The molecular weight excluding hydrogens is 384 g/mol. The number of aryl methyl sites for hydroxylation is 1. The highest BCUT2D eigenvalue weighted by atomic mass is 35.5. The number of nitrogens with zero attached hydrogens (tertiary/aromatic N) is 1. The van der Waals surface area contributed by atoms with Crippen LogP contribution in [0, 0.1) is 6.92 Å². The number of fused-ring (bicyclic) bond motifs is 1. The lowest BCUT2D eigenvalue weighted by Crippen LogP contribution is -2.11. The molecule has 2 aromatic carbocycles. The fourth-order valence-electron chi connectivity index (χ4n) is 2.60. The van der Waals surface area contributed by atoms with E-state index in [-0.39, 0.29) is 5.91 Å². The summed E-state index contributed by atoms with van der Waals surface area (Å²) in [6, 6.07) is 14.0. The Morgan fingerprint density at radius 1 is 1.15 bits per heavy atom. The molecule has 0 spiro atoms. The summed E-state index contributed by atoms with van der Waals surface area (Å²) in [5.41, 5.74) is 2.33. The average Bonchev–Trinajstić information content (AvgIpc) is 3.10. The van der Waals surface area contributed by atoms with Gasteiger partial charge in [0.1, 0.15) is 5.58 Å². The number of anilines is 1. The second-order valence-corrected chi connectivity index (χ2v) is 7.28. The number of rotatable bonds is 3. The normalized spacial score (nSPS) is 10.9. The van der Waals surface area contributed by atoms with Crippen molar-refractivity contribution in [2.24, 2.45) is 0 Å². The van der Waals surface area contributed by atoms with E-state index in [4.69, 9.17) is 16.0 Å². The third kappa shape index (κ3) is 3.63. The molecule has 7 heteroatoms. The first-order chi connectivity index (χ1) is 13.0. The van der Waals surface area contributed by atoms with Crippen molar-refractivity contribution in [2.45, 2.75) is 6.92 Å². The molecule has 4 rings (SSSR count). The lowest BCUT2D eigenvalue weighted by atomic mass is 10.1. The molecule has 134 valence electrons. The Bertz CT molecular complexity index is 1210. The number of carbonyl (C=O) groups excluding carboxylic acids is 1. The molecule has 0 saturated carbocycles. The largest absolute Gasteiger partial charge is 0.422 e. The van der Waals surface area contributed by atoms with Gasteiger partial charge in [0.15, 0.2) is 5.13 Å². The third-order valence-electron chi connectivity index (χ3n) is 4.01. The molecule has 0 aliphatic rings. The number of amides is 1. The first-order valence-electron chi connectivity index (χ1n) is 8.07. The predicted molar refractivity (Wildman–Crippen MR) is 108 cm³/mol. The van der Waals surface area contributed by atoms with Gasteiger partial charge in [-0.15, -0.1) is 11.3 Å². The molecule has 0 radical (unpaired) electrons. The van der Waals surface area contributed by atoms with E-state index in [2.05, 4.69) is 10.3 Å². The van der Waals surface area contributed by atoms with Crippen LogP contribution in [-0.4, -0.2) is 10.9 Å². The molecule has 0 atom stereocenters. The van der Waals surface area contributed by atoms with Crippen LogP contribution in [0.25, 0.3) is 22.2 Å². The zero-order chi connectivity index (χ0) is 19.0. The summed E-state index contributed by atoms with van der Waals surface area (Å²) < 4.78 is 5.34. The Kier molecular flexibility index (Phi) is 4.51. The average molecular weight is 397 g/mol. The van der Waals surface area contributed by atoms with Crippen LogP contribution in [-0.2, 0) is 0 Å². The van der Waals surface area contributed by atoms with Crippen molar-refractivity contribution in [3.8, 4) is 11.3 Å². The standard InChI is InChI=1S/C20H13ClN2O3S/c1-11-2-4-12(5-3-11)18(24)23-20-22-16(10-27-20)15-9-13-8-14(21)6-7-17(13)26-19(15)25/h2-10H,1H3,(H,22,23,24). The van der Waals surface area contributed by atoms with Crippen molar-refractivity contribution < 1.29 is 9.21 Å². The van der Waals surface area contributed by atoms with E-state index in [0.29, 0.717) is 37.9 Å². The highest BCUT2D eigenvalue weighted by Crippen LogP contribution is 2.26. The van der Waals surface area contributed by atoms with Crippen LogP contribution in [0.15, 0.2) is 63.1 Å². The molecule has 1 N–H and O–H groups in total. The summed E-state index contributed by atoms with van der Waals surface area (Å²) in [5, 5.41) is 6.11. The van der Waals surface area contributed by atoms with Crippen LogP contribution < -0.4 is 10.9 Å². The van der Waals surface area contributed by atoms with Crippen LogP contribution in [0.5, 0.6) is 0 Å². The quantitative estimate of drug-likeness (QED) is 0.487. The molecule has 0 unspecified atom stereocenters. The minimum atomic E-state index is -0.494. The van der Waals surface area contributed by atoms with Gasteiger partial charge in [-0.05, 0) is 43.3 Å². The summed E-state index contributed by atoms with van der Waals surface area (Å²) in [6.45, 7) is 1.96. The van der Waals surface area contributed by atoms with Gasteiger partial charge in [0.2, 0.25) is 0 Å². The molecule has 0 aliphatic carbocycles. The van der Waals surface area contributed by atoms with E-state index in [9.17, 15) is 9.59 Å². The molecule has 2 aromatic heterocycles. The van der Waals surface area contributed by atoms with Crippen LogP contribution in [0.2, 0.25) is 5.02 Å². The van der Waals surface area contributed by atoms with E-state index in [1.165, 1.54) is 11.3 Å². The van der Waals surface area contributed by atoms with E-state index in [1.807, 2.05) is 19.1 Å². The minimum absolute atomic E-state index is 0.256. The number of thiazole rings is 1. The number of hydrogen-bond acceptors (Lipinski definition) is 5. The fourth-order valence-corrected chi connectivity index (χ4v) is 3.49. The zero-order valence-electron chi connectivity index (χ0n) is 14.2. The minimum Gasteiger partial charge on any atom is -0.422 e. The Balaban J connectivity index is 1.63. The van der Waals surface area contributed by atoms with Crippen molar-refractivity contribution in [3.63, 3.8) is 0 Å². The fraction of sp³-hybridized carbons (Fsp3) is 0.0500. The predicted octanol–water partition coefficient (Wildman–Crippen LogP) is 5.13. The monoisotopic (exact) mass is 396 g/mol. The van der Waals surface area contributed by atoms with E-state index in [1.54, 1.807) is 41.8 Å². The number of benzene rings is 2. The van der Waals surface area contributed by atoms with E-state index in [0.717, 1.165) is 5.56 Å².